The first-order chi connectivity index (χ1) is 12.3. The van der Waals surface area contributed by atoms with E-state index in [-0.39, 0.29) is 6.10 Å². The van der Waals surface area contributed by atoms with E-state index in [9.17, 15) is 0 Å². The summed E-state index contributed by atoms with van der Waals surface area (Å²) in [4.78, 5) is 0. The van der Waals surface area contributed by atoms with Crippen molar-refractivity contribution in [1.82, 2.24) is 15.1 Å². The third-order valence-electron chi connectivity index (χ3n) is 6.01. The topological polar surface area (TPSA) is 39.1 Å². The smallest absolute Gasteiger partial charge is 0.103 e. The number of aryl methyl sites for hydroxylation is 1. The highest BCUT2D eigenvalue weighted by molar-refractivity contribution is 5.16. The average Bonchev–Trinajstić information content (AvgIpc) is 3.35. The van der Waals surface area contributed by atoms with Crippen LogP contribution in [-0.2, 0) is 18.2 Å². The Morgan fingerprint density at radius 2 is 2.00 bits per heavy atom. The summed E-state index contributed by atoms with van der Waals surface area (Å²) in [5.41, 5.74) is 2.68. The predicted octanol–water partition coefficient (Wildman–Crippen LogP) is 3.50. The maximum absolute atomic E-state index is 6.03. The molecule has 0 unspecified atom stereocenters. The summed E-state index contributed by atoms with van der Waals surface area (Å²) in [6, 6.07) is 13.7. The van der Waals surface area contributed by atoms with Gasteiger partial charge in [-0.25, -0.2) is 0 Å². The van der Waals surface area contributed by atoms with Gasteiger partial charge in [0.05, 0.1) is 5.69 Å². The van der Waals surface area contributed by atoms with E-state index in [1.54, 1.807) is 0 Å². The first-order valence-corrected chi connectivity index (χ1v) is 9.68. The molecule has 1 saturated heterocycles. The summed E-state index contributed by atoms with van der Waals surface area (Å²) in [5.74, 6) is 1.31. The number of nitrogens with zero attached hydrogens (tertiary/aromatic N) is 2. The zero-order chi connectivity index (χ0) is 17.1. The van der Waals surface area contributed by atoms with Crippen molar-refractivity contribution in [2.24, 2.45) is 18.9 Å². The van der Waals surface area contributed by atoms with Gasteiger partial charge in [-0.1, -0.05) is 36.8 Å². The molecule has 1 aliphatic carbocycles. The maximum Gasteiger partial charge on any atom is 0.103 e. The molecule has 4 atom stereocenters. The molecule has 4 nitrogen and oxygen atoms in total. The van der Waals surface area contributed by atoms with Crippen molar-refractivity contribution in [3.8, 4) is 0 Å². The second-order valence-electron chi connectivity index (χ2n) is 7.62. The van der Waals surface area contributed by atoms with Crippen molar-refractivity contribution in [3.63, 3.8) is 0 Å². The molecule has 1 N–H and O–H groups in total. The molecule has 1 aromatic heterocycles. The number of hydrogen-bond donors (Lipinski definition) is 1. The molecular formula is C21H29N3O. The van der Waals surface area contributed by atoms with Gasteiger partial charge in [0.15, 0.2) is 0 Å². The molecule has 1 aliphatic heterocycles. The summed E-state index contributed by atoms with van der Waals surface area (Å²) in [7, 11) is 2.01. The van der Waals surface area contributed by atoms with Gasteiger partial charge in [0.2, 0.25) is 0 Å². The minimum atomic E-state index is 0.189. The summed E-state index contributed by atoms with van der Waals surface area (Å²) in [6.45, 7) is 1.91. The zero-order valence-corrected chi connectivity index (χ0v) is 15.1. The van der Waals surface area contributed by atoms with E-state index >= 15 is 0 Å². The monoisotopic (exact) mass is 339 g/mol. The van der Waals surface area contributed by atoms with Crippen molar-refractivity contribution < 1.29 is 4.74 Å². The maximum atomic E-state index is 6.03. The van der Waals surface area contributed by atoms with Crippen LogP contribution in [0.5, 0.6) is 0 Å². The van der Waals surface area contributed by atoms with Crippen LogP contribution in [0.3, 0.4) is 0 Å². The fourth-order valence-electron chi connectivity index (χ4n) is 4.60. The Labute approximate surface area is 150 Å². The van der Waals surface area contributed by atoms with E-state index in [2.05, 4.69) is 46.8 Å². The van der Waals surface area contributed by atoms with E-state index < -0.39 is 0 Å². The molecule has 0 radical (unpaired) electrons. The highest BCUT2D eigenvalue weighted by Crippen LogP contribution is 2.35. The van der Waals surface area contributed by atoms with Gasteiger partial charge in [-0.05, 0) is 43.2 Å². The van der Waals surface area contributed by atoms with E-state index in [0.717, 1.165) is 25.5 Å². The van der Waals surface area contributed by atoms with Crippen LogP contribution in [-0.4, -0.2) is 29.0 Å². The van der Waals surface area contributed by atoms with E-state index in [4.69, 9.17) is 4.74 Å². The summed E-state index contributed by atoms with van der Waals surface area (Å²) in [5, 5.41) is 8.20. The van der Waals surface area contributed by atoms with Crippen LogP contribution in [0.1, 0.15) is 43.0 Å². The number of ether oxygens (including phenoxy) is 1. The Hall–Kier alpha value is -1.65. The van der Waals surface area contributed by atoms with Gasteiger partial charge in [0, 0.05) is 38.4 Å². The predicted molar refractivity (Wildman–Crippen MR) is 99.3 cm³/mol. The van der Waals surface area contributed by atoms with E-state index in [1.807, 2.05) is 17.9 Å². The van der Waals surface area contributed by atoms with E-state index in [1.165, 1.54) is 36.9 Å². The second-order valence-corrected chi connectivity index (χ2v) is 7.62. The minimum absolute atomic E-state index is 0.189. The van der Waals surface area contributed by atoms with Gasteiger partial charge in [0.1, 0.15) is 6.10 Å². The standard InChI is InChI=1S/C21H29N3O/c1-24-20(10-12-23-24)21-18(11-13-25-21)15-22-19-9-5-8-17(19)14-16-6-3-2-4-7-16/h2-4,6-7,10,12,17-19,21-22H,5,8-9,11,13-15H2,1H3/t17-,18-,19+,21+/m0/s1. The molecular weight excluding hydrogens is 310 g/mol. The Balaban J connectivity index is 1.34. The average molecular weight is 339 g/mol. The molecule has 0 amide bonds. The van der Waals surface area contributed by atoms with Crippen molar-refractivity contribution in [3.05, 3.63) is 53.9 Å². The Morgan fingerprint density at radius 3 is 2.80 bits per heavy atom. The Kier molecular flexibility index (Phi) is 5.18. The first-order valence-electron chi connectivity index (χ1n) is 9.68. The molecule has 4 rings (SSSR count). The van der Waals surface area contributed by atoms with Gasteiger partial charge in [-0.2, -0.15) is 5.10 Å². The number of nitrogens with one attached hydrogen (secondary N) is 1. The molecule has 2 heterocycles. The van der Waals surface area contributed by atoms with Crippen LogP contribution in [0.25, 0.3) is 0 Å². The second kappa shape index (κ2) is 7.71. The van der Waals surface area contributed by atoms with Crippen molar-refractivity contribution in [2.45, 2.75) is 44.2 Å². The highest BCUT2D eigenvalue weighted by Gasteiger charge is 2.33. The molecule has 0 bridgehead atoms. The van der Waals surface area contributed by atoms with E-state index in [0.29, 0.717) is 12.0 Å². The molecule has 2 aromatic rings. The lowest BCUT2D eigenvalue weighted by atomic mass is 9.93. The fraction of sp³-hybridized carbons (Fsp3) is 0.571. The first kappa shape index (κ1) is 16.8. The van der Waals surface area contributed by atoms with Crippen LogP contribution >= 0.6 is 0 Å². The van der Waals surface area contributed by atoms with Gasteiger partial charge in [0.25, 0.3) is 0 Å². The summed E-state index contributed by atoms with van der Waals surface area (Å²) < 4.78 is 7.98. The van der Waals surface area contributed by atoms with Crippen LogP contribution in [0, 0.1) is 11.8 Å². The zero-order valence-electron chi connectivity index (χ0n) is 15.1. The van der Waals surface area contributed by atoms with Crippen molar-refractivity contribution >= 4 is 0 Å². The third-order valence-corrected chi connectivity index (χ3v) is 6.01. The van der Waals surface area contributed by atoms with Gasteiger partial charge in [-0.3, -0.25) is 4.68 Å². The molecule has 1 aromatic carbocycles. The van der Waals surface area contributed by atoms with Crippen molar-refractivity contribution in [2.75, 3.05) is 13.2 Å². The highest BCUT2D eigenvalue weighted by atomic mass is 16.5. The SMILES string of the molecule is Cn1nccc1[C@@H]1OCC[C@H]1CN[C@@H]1CCC[C@H]1Cc1ccccc1. The van der Waals surface area contributed by atoms with Crippen LogP contribution in [0.15, 0.2) is 42.6 Å². The molecule has 25 heavy (non-hydrogen) atoms. The molecule has 2 aliphatic rings. The fourth-order valence-corrected chi connectivity index (χ4v) is 4.60. The lowest BCUT2D eigenvalue weighted by Gasteiger charge is -2.25. The molecule has 1 saturated carbocycles. The number of benzene rings is 1. The Bertz CT molecular complexity index is 669. The quantitative estimate of drug-likeness (QED) is 0.875. The normalized spacial score (nSPS) is 29.3. The molecule has 0 spiro atoms. The number of aromatic nitrogens is 2. The number of hydrogen-bond acceptors (Lipinski definition) is 3. The van der Waals surface area contributed by atoms with Gasteiger partial charge in [-0.15, -0.1) is 0 Å². The molecule has 2 fully saturated rings. The molecule has 4 heteroatoms. The van der Waals surface area contributed by atoms with Crippen LogP contribution < -0.4 is 5.32 Å². The van der Waals surface area contributed by atoms with Gasteiger partial charge < -0.3 is 10.1 Å². The minimum Gasteiger partial charge on any atom is -0.372 e. The van der Waals surface area contributed by atoms with Crippen molar-refractivity contribution in [1.29, 1.82) is 0 Å². The van der Waals surface area contributed by atoms with Crippen LogP contribution in [0.2, 0.25) is 0 Å². The largest absolute Gasteiger partial charge is 0.372 e. The van der Waals surface area contributed by atoms with Gasteiger partial charge >= 0.3 is 0 Å². The summed E-state index contributed by atoms with van der Waals surface area (Å²) in [6.07, 6.45) is 8.40. The number of rotatable bonds is 6. The Morgan fingerprint density at radius 1 is 1.12 bits per heavy atom. The van der Waals surface area contributed by atoms with Crippen LogP contribution in [0.4, 0.5) is 0 Å². The lowest BCUT2D eigenvalue weighted by molar-refractivity contribution is 0.0827. The lowest BCUT2D eigenvalue weighted by Crippen LogP contribution is -2.37. The summed E-state index contributed by atoms with van der Waals surface area (Å²) >= 11 is 0. The third kappa shape index (κ3) is 3.80. The molecule has 134 valence electrons.